The van der Waals surface area contributed by atoms with Crippen LogP contribution in [0, 0.1) is 27.7 Å². The molecule has 2 rings (SSSR count). The van der Waals surface area contributed by atoms with Gasteiger partial charge in [0.1, 0.15) is 11.5 Å². The molecular weight excluding hydrogens is 368 g/mol. The lowest BCUT2D eigenvalue weighted by atomic mass is 9.74. The minimum Gasteiger partial charge on any atom is -0.507 e. The first-order valence-corrected chi connectivity index (χ1v) is 11.3. The molecule has 0 amide bonds. The first-order valence-electron chi connectivity index (χ1n) is 11.3. The van der Waals surface area contributed by atoms with Gasteiger partial charge in [0.2, 0.25) is 0 Å². The Bertz CT molecular complexity index is 862. The highest BCUT2D eigenvalue weighted by atomic mass is 16.3. The van der Waals surface area contributed by atoms with E-state index < -0.39 is 0 Å². The second-order valence-electron chi connectivity index (χ2n) is 11.1. The van der Waals surface area contributed by atoms with E-state index in [1.165, 1.54) is 22.3 Å². The van der Waals surface area contributed by atoms with Crippen LogP contribution >= 0.6 is 0 Å². The van der Waals surface area contributed by atoms with Gasteiger partial charge in [0.05, 0.1) is 0 Å². The molecule has 2 aromatic rings. The summed E-state index contributed by atoms with van der Waals surface area (Å²) in [5.41, 5.74) is 8.47. The van der Waals surface area contributed by atoms with Crippen molar-refractivity contribution in [1.82, 2.24) is 0 Å². The molecule has 166 valence electrons. The molecule has 0 bridgehead atoms. The molecule has 2 nitrogen and oxygen atoms in total. The summed E-state index contributed by atoms with van der Waals surface area (Å²) in [6, 6.07) is 4.61. The molecule has 0 aromatic heterocycles. The van der Waals surface area contributed by atoms with Crippen molar-refractivity contribution in [3.8, 4) is 11.5 Å². The minimum atomic E-state index is -0.0538. The molecule has 0 radical (unpaired) electrons. The lowest BCUT2D eigenvalue weighted by molar-refractivity contribution is 0.456. The monoisotopic (exact) mass is 410 g/mol. The number of hydrogen-bond donors (Lipinski definition) is 2. The summed E-state index contributed by atoms with van der Waals surface area (Å²) in [6.07, 6.45) is 2.00. The van der Waals surface area contributed by atoms with E-state index in [1.54, 1.807) is 0 Å². The van der Waals surface area contributed by atoms with Crippen molar-refractivity contribution >= 4 is 0 Å². The van der Waals surface area contributed by atoms with Gasteiger partial charge in [-0.3, -0.25) is 0 Å². The normalized spacial score (nSPS) is 12.7. The number of hydrogen-bond acceptors (Lipinski definition) is 2. The van der Waals surface area contributed by atoms with Gasteiger partial charge in [-0.15, -0.1) is 0 Å². The fraction of sp³-hybridized carbons (Fsp3) is 0.571. The smallest absolute Gasteiger partial charge is 0.121 e. The van der Waals surface area contributed by atoms with Gasteiger partial charge in [0.25, 0.3) is 0 Å². The predicted octanol–water partition coefficient (Wildman–Crippen LogP) is 7.86. The number of benzene rings is 2. The molecule has 0 fully saturated rings. The number of phenolic OH excluding ortho intramolecular Hbond substituents is 2. The summed E-state index contributed by atoms with van der Waals surface area (Å²) in [5, 5.41) is 22.0. The average Bonchev–Trinajstić information content (AvgIpc) is 2.61. The second-order valence-corrected chi connectivity index (χ2v) is 11.1. The van der Waals surface area contributed by atoms with Crippen molar-refractivity contribution in [1.29, 1.82) is 0 Å². The summed E-state index contributed by atoms with van der Waals surface area (Å²) in [5.74, 6) is 0.947. The first kappa shape index (κ1) is 24.3. The van der Waals surface area contributed by atoms with Gasteiger partial charge >= 0.3 is 0 Å². The van der Waals surface area contributed by atoms with Gasteiger partial charge in [-0.25, -0.2) is 0 Å². The van der Waals surface area contributed by atoms with Crippen molar-refractivity contribution < 1.29 is 10.2 Å². The Balaban J connectivity index is 2.89. The Labute approximate surface area is 184 Å². The maximum Gasteiger partial charge on any atom is 0.121 e. The minimum absolute atomic E-state index is 0.0538. The van der Waals surface area contributed by atoms with Crippen molar-refractivity contribution in [3.63, 3.8) is 0 Å². The van der Waals surface area contributed by atoms with Gasteiger partial charge in [-0.05, 0) is 89.5 Å². The van der Waals surface area contributed by atoms with E-state index in [0.29, 0.717) is 11.5 Å². The number of rotatable bonds is 4. The molecule has 0 unspecified atom stereocenters. The van der Waals surface area contributed by atoms with E-state index in [-0.39, 0.29) is 16.7 Å². The van der Waals surface area contributed by atoms with Crippen LogP contribution < -0.4 is 0 Å². The quantitative estimate of drug-likeness (QED) is 0.538. The summed E-state index contributed by atoms with van der Waals surface area (Å²) in [7, 11) is 0. The van der Waals surface area contributed by atoms with Crippen LogP contribution in [-0.2, 0) is 10.8 Å². The molecule has 0 aliphatic heterocycles. The van der Waals surface area contributed by atoms with Gasteiger partial charge in [0.15, 0.2) is 0 Å². The zero-order chi connectivity index (χ0) is 23.2. The Kier molecular flexibility index (Phi) is 6.71. The van der Waals surface area contributed by atoms with Crippen molar-refractivity contribution in [2.24, 2.45) is 0 Å². The number of aromatic hydroxyl groups is 2. The van der Waals surface area contributed by atoms with Crippen molar-refractivity contribution in [2.45, 2.75) is 106 Å². The topological polar surface area (TPSA) is 40.5 Å². The van der Waals surface area contributed by atoms with E-state index in [0.717, 1.165) is 35.1 Å². The van der Waals surface area contributed by atoms with Gasteiger partial charge in [-0.1, -0.05) is 67.0 Å². The zero-order valence-electron chi connectivity index (χ0n) is 21.0. The molecule has 0 saturated heterocycles. The summed E-state index contributed by atoms with van der Waals surface area (Å²) in [6.45, 7) is 23.5. The lowest BCUT2D eigenvalue weighted by Gasteiger charge is -2.31. The SMILES string of the molecule is CCCC(c1cc(C(C)(C)C)c(C)c(O)c1C)c1cc(C(C)(C)C)c(C)c(O)c1C. The van der Waals surface area contributed by atoms with E-state index in [1.807, 2.05) is 27.7 Å². The van der Waals surface area contributed by atoms with Gasteiger partial charge in [-0.2, -0.15) is 0 Å². The van der Waals surface area contributed by atoms with Gasteiger partial charge in [0, 0.05) is 5.92 Å². The molecule has 0 aliphatic rings. The molecule has 0 aliphatic carbocycles. The van der Waals surface area contributed by atoms with Crippen LogP contribution in [0.25, 0.3) is 0 Å². The van der Waals surface area contributed by atoms with Crippen LogP contribution in [0.15, 0.2) is 12.1 Å². The molecular formula is C28H42O2. The third-order valence-corrected chi connectivity index (χ3v) is 6.64. The van der Waals surface area contributed by atoms with E-state index in [2.05, 4.69) is 60.6 Å². The van der Waals surface area contributed by atoms with Crippen LogP contribution in [0.5, 0.6) is 11.5 Å². The second kappa shape index (κ2) is 8.29. The Morgan fingerprint density at radius 1 is 0.667 bits per heavy atom. The molecule has 0 heterocycles. The van der Waals surface area contributed by atoms with Gasteiger partial charge < -0.3 is 10.2 Å². The van der Waals surface area contributed by atoms with Crippen molar-refractivity contribution in [2.75, 3.05) is 0 Å². The molecule has 30 heavy (non-hydrogen) atoms. The average molecular weight is 411 g/mol. The third-order valence-electron chi connectivity index (χ3n) is 6.64. The number of phenols is 2. The Hall–Kier alpha value is -1.96. The summed E-state index contributed by atoms with van der Waals surface area (Å²) >= 11 is 0. The molecule has 2 aromatic carbocycles. The largest absolute Gasteiger partial charge is 0.507 e. The maximum atomic E-state index is 11.0. The van der Waals surface area contributed by atoms with Crippen molar-refractivity contribution in [3.05, 3.63) is 56.6 Å². The first-order chi connectivity index (χ1) is 13.6. The highest BCUT2D eigenvalue weighted by Crippen LogP contribution is 2.45. The van der Waals surface area contributed by atoms with Crippen LogP contribution in [0.3, 0.4) is 0 Å². The van der Waals surface area contributed by atoms with Crippen LogP contribution in [0.2, 0.25) is 0 Å². The standard InChI is InChI=1S/C28H42O2/c1-12-13-20(21-14-23(27(6,7)8)18(4)25(29)16(21)2)22-15-24(28(9,10)11)19(5)26(30)17(22)3/h14-15,20,29-30H,12-13H2,1-11H3. The molecule has 0 saturated carbocycles. The van der Waals surface area contributed by atoms with E-state index in [9.17, 15) is 10.2 Å². The van der Waals surface area contributed by atoms with E-state index >= 15 is 0 Å². The summed E-state index contributed by atoms with van der Waals surface area (Å²) in [4.78, 5) is 0. The molecule has 0 atom stereocenters. The van der Waals surface area contributed by atoms with Crippen LogP contribution in [-0.4, -0.2) is 10.2 Å². The zero-order valence-corrected chi connectivity index (χ0v) is 21.0. The highest BCUT2D eigenvalue weighted by Gasteiger charge is 2.28. The maximum absolute atomic E-state index is 11.0. The van der Waals surface area contributed by atoms with Crippen LogP contribution in [0.4, 0.5) is 0 Å². The summed E-state index contributed by atoms with van der Waals surface area (Å²) < 4.78 is 0. The predicted molar refractivity (Wildman–Crippen MR) is 129 cm³/mol. The molecule has 2 N–H and O–H groups in total. The Morgan fingerprint density at radius 2 is 1.00 bits per heavy atom. The van der Waals surface area contributed by atoms with E-state index in [4.69, 9.17) is 0 Å². The lowest BCUT2D eigenvalue weighted by Crippen LogP contribution is -2.18. The fourth-order valence-corrected chi connectivity index (χ4v) is 4.88. The third kappa shape index (κ3) is 4.38. The highest BCUT2D eigenvalue weighted by molar-refractivity contribution is 5.58. The van der Waals surface area contributed by atoms with Crippen LogP contribution in [0.1, 0.15) is 112 Å². The molecule has 0 spiro atoms. The molecule has 2 heteroatoms. The fourth-order valence-electron chi connectivity index (χ4n) is 4.88. The Morgan fingerprint density at radius 3 is 1.27 bits per heavy atom.